The van der Waals surface area contributed by atoms with Crippen molar-refractivity contribution in [1.82, 2.24) is 14.5 Å². The Morgan fingerprint density at radius 1 is 1.23 bits per heavy atom. The van der Waals surface area contributed by atoms with Gasteiger partial charge in [-0.2, -0.15) is 5.26 Å². The molecule has 1 aromatic carbocycles. The van der Waals surface area contributed by atoms with Crippen LogP contribution in [0.15, 0.2) is 42.6 Å². The average molecular weight is 291 g/mol. The molecule has 0 spiro atoms. The van der Waals surface area contributed by atoms with E-state index in [0.29, 0.717) is 11.4 Å². The molecule has 1 N–H and O–H groups in total. The molecule has 3 rings (SSSR count). The first kappa shape index (κ1) is 14.1. The van der Waals surface area contributed by atoms with E-state index in [4.69, 9.17) is 5.26 Å². The number of fused-ring (bicyclic) bond motifs is 1. The molecule has 22 heavy (non-hydrogen) atoms. The monoisotopic (exact) mass is 291 g/mol. The van der Waals surface area contributed by atoms with Crippen LogP contribution in [0, 0.1) is 11.3 Å². The van der Waals surface area contributed by atoms with Gasteiger partial charge in [0, 0.05) is 26.2 Å². The number of nitrogens with zero attached hydrogens (tertiary/aromatic N) is 4. The Morgan fingerprint density at radius 2 is 2.09 bits per heavy atom. The summed E-state index contributed by atoms with van der Waals surface area (Å²) in [6.45, 7) is 0.759. The quantitative estimate of drug-likeness (QED) is 0.734. The summed E-state index contributed by atoms with van der Waals surface area (Å²) in [5, 5.41) is 12.2. The van der Waals surface area contributed by atoms with E-state index in [1.54, 1.807) is 18.3 Å². The molecule has 0 saturated heterocycles. The summed E-state index contributed by atoms with van der Waals surface area (Å²) in [5.74, 6) is 1.72. The number of rotatable bonds is 5. The van der Waals surface area contributed by atoms with Gasteiger partial charge < -0.3 is 9.88 Å². The van der Waals surface area contributed by atoms with Crippen molar-refractivity contribution in [2.75, 3.05) is 11.9 Å². The third-order valence-corrected chi connectivity index (χ3v) is 3.68. The Bertz CT molecular complexity index is 828. The van der Waals surface area contributed by atoms with E-state index in [1.807, 2.05) is 25.2 Å². The summed E-state index contributed by atoms with van der Waals surface area (Å²) in [6.07, 6.45) is 3.50. The molecule has 5 heteroatoms. The third kappa shape index (κ3) is 2.77. The van der Waals surface area contributed by atoms with Gasteiger partial charge in [-0.05, 0) is 30.7 Å². The first-order valence-corrected chi connectivity index (χ1v) is 7.29. The number of nitrogens with one attached hydrogen (secondary N) is 1. The van der Waals surface area contributed by atoms with Crippen LogP contribution in [0.3, 0.4) is 0 Å². The minimum absolute atomic E-state index is 0.574. The zero-order valence-corrected chi connectivity index (χ0v) is 12.5. The van der Waals surface area contributed by atoms with Crippen LogP contribution in [0.25, 0.3) is 11.0 Å². The lowest BCUT2D eigenvalue weighted by Crippen LogP contribution is -2.07. The van der Waals surface area contributed by atoms with E-state index in [2.05, 4.69) is 32.0 Å². The van der Waals surface area contributed by atoms with Gasteiger partial charge in [-0.25, -0.2) is 9.97 Å². The van der Waals surface area contributed by atoms with Gasteiger partial charge >= 0.3 is 0 Å². The van der Waals surface area contributed by atoms with Crippen molar-refractivity contribution in [3.8, 4) is 6.07 Å². The minimum Gasteiger partial charge on any atom is -0.369 e. The minimum atomic E-state index is 0.574. The first-order valence-electron chi connectivity index (χ1n) is 7.29. The van der Waals surface area contributed by atoms with Crippen LogP contribution in [-0.4, -0.2) is 21.1 Å². The number of benzene rings is 1. The molecule has 0 aliphatic carbocycles. The van der Waals surface area contributed by atoms with E-state index in [1.165, 1.54) is 0 Å². The number of pyridine rings is 1. The molecule has 0 aliphatic rings. The molecule has 0 unspecified atom stereocenters. The lowest BCUT2D eigenvalue weighted by atomic mass is 10.2. The lowest BCUT2D eigenvalue weighted by molar-refractivity contribution is 0.752. The van der Waals surface area contributed by atoms with Gasteiger partial charge in [-0.15, -0.1) is 0 Å². The molecule has 0 bridgehead atoms. The number of nitriles is 1. The van der Waals surface area contributed by atoms with E-state index >= 15 is 0 Å². The number of anilines is 1. The lowest BCUT2D eigenvalue weighted by Gasteiger charge is -2.07. The molecule has 0 fully saturated rings. The molecule has 0 aliphatic heterocycles. The van der Waals surface area contributed by atoms with Crippen molar-refractivity contribution in [3.63, 3.8) is 0 Å². The number of hydrogen-bond donors (Lipinski definition) is 1. The normalized spacial score (nSPS) is 10.5. The van der Waals surface area contributed by atoms with Crippen molar-refractivity contribution in [3.05, 3.63) is 54.0 Å². The summed E-state index contributed by atoms with van der Waals surface area (Å²) >= 11 is 0. The zero-order chi connectivity index (χ0) is 15.4. The number of para-hydroxylation sites is 2. The summed E-state index contributed by atoms with van der Waals surface area (Å²) in [4.78, 5) is 8.85. The van der Waals surface area contributed by atoms with Crippen molar-refractivity contribution in [1.29, 1.82) is 5.26 Å². The van der Waals surface area contributed by atoms with Gasteiger partial charge in [-0.1, -0.05) is 12.1 Å². The first-order chi connectivity index (χ1) is 10.8. The molecular formula is C17H17N5. The smallest absolute Gasteiger partial charge is 0.143 e. The van der Waals surface area contributed by atoms with Gasteiger partial charge in [0.05, 0.1) is 16.6 Å². The van der Waals surface area contributed by atoms with Crippen LogP contribution in [0.4, 0.5) is 5.82 Å². The van der Waals surface area contributed by atoms with Crippen molar-refractivity contribution in [2.24, 2.45) is 7.05 Å². The Labute approximate surface area is 129 Å². The molecule has 2 aromatic heterocycles. The highest BCUT2D eigenvalue weighted by atomic mass is 15.1. The molecule has 0 atom stereocenters. The van der Waals surface area contributed by atoms with E-state index < -0.39 is 0 Å². The predicted octanol–water partition coefficient (Wildman–Crippen LogP) is 2.88. The molecular weight excluding hydrogens is 274 g/mol. The fourth-order valence-corrected chi connectivity index (χ4v) is 2.51. The maximum Gasteiger partial charge on any atom is 0.143 e. The summed E-state index contributed by atoms with van der Waals surface area (Å²) in [5.41, 5.74) is 2.76. The van der Waals surface area contributed by atoms with Crippen molar-refractivity contribution >= 4 is 16.9 Å². The number of aryl methyl sites for hydroxylation is 2. The fraction of sp³-hybridized carbons (Fsp3) is 0.235. The van der Waals surface area contributed by atoms with Crippen LogP contribution in [0.5, 0.6) is 0 Å². The maximum atomic E-state index is 9.03. The summed E-state index contributed by atoms with van der Waals surface area (Å²) in [6, 6.07) is 13.8. The van der Waals surface area contributed by atoms with Crippen LogP contribution in [-0.2, 0) is 13.5 Å². The van der Waals surface area contributed by atoms with Crippen molar-refractivity contribution < 1.29 is 0 Å². The van der Waals surface area contributed by atoms with Crippen LogP contribution in [0.1, 0.15) is 17.8 Å². The standard InChI is InChI=1S/C17H17N5/c1-22-15-8-3-2-7-14(15)21-16(22)9-5-11-20-17-13(12-18)6-4-10-19-17/h2-4,6-8,10H,5,9,11H2,1H3,(H,19,20). The Kier molecular flexibility index (Phi) is 4.01. The highest BCUT2D eigenvalue weighted by Crippen LogP contribution is 2.15. The largest absolute Gasteiger partial charge is 0.369 e. The van der Waals surface area contributed by atoms with Crippen molar-refractivity contribution in [2.45, 2.75) is 12.8 Å². The highest BCUT2D eigenvalue weighted by molar-refractivity contribution is 5.75. The Morgan fingerprint density at radius 3 is 2.91 bits per heavy atom. The van der Waals surface area contributed by atoms with Gasteiger partial charge in [0.25, 0.3) is 0 Å². The second-order valence-corrected chi connectivity index (χ2v) is 5.12. The van der Waals surface area contributed by atoms with E-state index in [9.17, 15) is 0 Å². The topological polar surface area (TPSA) is 66.5 Å². The fourth-order valence-electron chi connectivity index (χ4n) is 2.51. The van der Waals surface area contributed by atoms with Gasteiger partial charge in [0.2, 0.25) is 0 Å². The highest BCUT2D eigenvalue weighted by Gasteiger charge is 2.07. The summed E-state index contributed by atoms with van der Waals surface area (Å²) in [7, 11) is 2.05. The number of aromatic nitrogens is 3. The molecule has 0 amide bonds. The molecule has 110 valence electrons. The summed E-state index contributed by atoms with van der Waals surface area (Å²) < 4.78 is 2.14. The average Bonchev–Trinajstić information content (AvgIpc) is 2.88. The van der Waals surface area contributed by atoms with Crippen LogP contribution in [0.2, 0.25) is 0 Å². The van der Waals surface area contributed by atoms with Gasteiger partial charge in [0.1, 0.15) is 17.7 Å². The second-order valence-electron chi connectivity index (χ2n) is 5.12. The SMILES string of the molecule is Cn1c(CCCNc2ncccc2C#N)nc2ccccc21. The molecule has 5 nitrogen and oxygen atoms in total. The number of imidazole rings is 1. The Hall–Kier alpha value is -2.87. The molecule has 3 aromatic rings. The van der Waals surface area contributed by atoms with Crippen LogP contribution < -0.4 is 5.32 Å². The molecule has 0 saturated carbocycles. The predicted molar refractivity (Wildman–Crippen MR) is 86.5 cm³/mol. The van der Waals surface area contributed by atoms with E-state index in [-0.39, 0.29) is 0 Å². The third-order valence-electron chi connectivity index (χ3n) is 3.68. The zero-order valence-electron chi connectivity index (χ0n) is 12.5. The molecule has 0 radical (unpaired) electrons. The van der Waals surface area contributed by atoms with E-state index in [0.717, 1.165) is 36.2 Å². The van der Waals surface area contributed by atoms with Gasteiger partial charge in [0.15, 0.2) is 0 Å². The molecule has 2 heterocycles. The number of hydrogen-bond acceptors (Lipinski definition) is 4. The Balaban J connectivity index is 1.61. The maximum absolute atomic E-state index is 9.03. The van der Waals surface area contributed by atoms with Gasteiger partial charge in [-0.3, -0.25) is 0 Å². The van der Waals surface area contributed by atoms with Crippen LogP contribution >= 0.6 is 0 Å². The second kappa shape index (κ2) is 6.27.